The molecule has 2 N–H and O–H groups in total. The zero-order valence-corrected chi connectivity index (χ0v) is 7.71. The van der Waals surface area contributed by atoms with E-state index in [0.717, 1.165) is 12.8 Å². The normalized spacial score (nSPS) is 20.6. The molecule has 12 heavy (non-hydrogen) atoms. The monoisotopic (exact) mass is 171 g/mol. The second kappa shape index (κ2) is 3.90. The molecule has 1 rings (SSSR count). The van der Waals surface area contributed by atoms with Crippen molar-refractivity contribution < 1.29 is 9.90 Å². The van der Waals surface area contributed by atoms with Gasteiger partial charge in [-0.05, 0) is 18.8 Å². The number of carboxylic acids is 1. The van der Waals surface area contributed by atoms with Crippen molar-refractivity contribution in [3.63, 3.8) is 0 Å². The van der Waals surface area contributed by atoms with Crippen molar-refractivity contribution in [1.29, 1.82) is 0 Å². The number of hydrogen-bond donors (Lipinski definition) is 2. The van der Waals surface area contributed by atoms with Gasteiger partial charge in [-0.15, -0.1) is 0 Å². The lowest BCUT2D eigenvalue weighted by Crippen LogP contribution is -2.48. The highest BCUT2D eigenvalue weighted by Gasteiger charge is 2.27. The topological polar surface area (TPSA) is 49.3 Å². The molecule has 1 unspecified atom stereocenters. The highest BCUT2D eigenvalue weighted by molar-refractivity contribution is 5.73. The van der Waals surface area contributed by atoms with Crippen molar-refractivity contribution >= 4 is 5.97 Å². The van der Waals surface area contributed by atoms with Crippen LogP contribution in [0.15, 0.2) is 0 Å². The molecule has 0 heterocycles. The summed E-state index contributed by atoms with van der Waals surface area (Å²) in [6, 6.07) is 0.0869. The van der Waals surface area contributed by atoms with Gasteiger partial charge in [-0.2, -0.15) is 0 Å². The van der Waals surface area contributed by atoms with E-state index < -0.39 is 5.97 Å². The maximum Gasteiger partial charge on any atom is 0.320 e. The number of carbonyl (C=O) groups is 1. The Morgan fingerprint density at radius 1 is 1.50 bits per heavy atom. The van der Waals surface area contributed by atoms with Gasteiger partial charge in [-0.3, -0.25) is 4.79 Å². The first-order chi connectivity index (χ1) is 5.61. The largest absolute Gasteiger partial charge is 0.480 e. The van der Waals surface area contributed by atoms with Gasteiger partial charge in [0, 0.05) is 6.04 Å². The third kappa shape index (κ3) is 2.21. The van der Waals surface area contributed by atoms with Crippen LogP contribution in [0.3, 0.4) is 0 Å². The summed E-state index contributed by atoms with van der Waals surface area (Å²) < 4.78 is 0. The van der Waals surface area contributed by atoms with Gasteiger partial charge in [0.05, 0.1) is 0 Å². The summed E-state index contributed by atoms with van der Waals surface area (Å²) in [6.45, 7) is 3.87. The van der Waals surface area contributed by atoms with Crippen molar-refractivity contribution in [3.05, 3.63) is 0 Å². The molecule has 3 nitrogen and oxygen atoms in total. The molecular weight excluding hydrogens is 154 g/mol. The Bertz CT molecular complexity index is 164. The lowest BCUT2D eigenvalue weighted by Gasteiger charge is -2.31. The molecule has 0 saturated heterocycles. The standard InChI is InChI=1S/C9H17NO2/c1-6(2)8(9(11)12)10-7-4-3-5-7/h6-8,10H,3-5H2,1-2H3,(H,11,12). The number of aliphatic carboxylic acids is 1. The maximum absolute atomic E-state index is 10.8. The van der Waals surface area contributed by atoms with Crippen LogP contribution in [0.5, 0.6) is 0 Å². The van der Waals surface area contributed by atoms with Gasteiger partial charge >= 0.3 is 5.97 Å². The minimum absolute atomic E-state index is 0.170. The maximum atomic E-state index is 10.8. The molecule has 0 aromatic rings. The third-order valence-electron chi connectivity index (χ3n) is 2.45. The SMILES string of the molecule is CC(C)C(NC1CCC1)C(=O)O. The van der Waals surface area contributed by atoms with Crippen molar-refractivity contribution in [2.75, 3.05) is 0 Å². The minimum Gasteiger partial charge on any atom is -0.480 e. The van der Waals surface area contributed by atoms with Crippen LogP contribution in [0.25, 0.3) is 0 Å². The fraction of sp³-hybridized carbons (Fsp3) is 0.889. The van der Waals surface area contributed by atoms with E-state index in [2.05, 4.69) is 5.32 Å². The summed E-state index contributed by atoms with van der Waals surface area (Å²) in [5, 5.41) is 12.0. The van der Waals surface area contributed by atoms with E-state index >= 15 is 0 Å². The first kappa shape index (κ1) is 9.52. The smallest absolute Gasteiger partial charge is 0.320 e. The average molecular weight is 171 g/mol. The molecule has 0 bridgehead atoms. The second-order valence-corrected chi connectivity index (χ2v) is 3.85. The van der Waals surface area contributed by atoms with E-state index in [9.17, 15) is 4.79 Å². The minimum atomic E-state index is -0.725. The molecule has 0 amide bonds. The van der Waals surface area contributed by atoms with E-state index in [1.807, 2.05) is 13.8 Å². The van der Waals surface area contributed by atoms with Crippen molar-refractivity contribution in [2.24, 2.45) is 5.92 Å². The Hall–Kier alpha value is -0.570. The van der Waals surface area contributed by atoms with Crippen LogP contribution >= 0.6 is 0 Å². The predicted octanol–water partition coefficient (Wildman–Crippen LogP) is 1.24. The van der Waals surface area contributed by atoms with Crippen LogP contribution < -0.4 is 5.32 Å². The average Bonchev–Trinajstić information content (AvgIpc) is 1.82. The van der Waals surface area contributed by atoms with Gasteiger partial charge < -0.3 is 10.4 Å². The molecule has 0 aromatic heterocycles. The Morgan fingerprint density at radius 2 is 2.08 bits per heavy atom. The molecule has 1 fully saturated rings. The highest BCUT2D eigenvalue weighted by atomic mass is 16.4. The molecule has 0 radical (unpaired) electrons. The highest BCUT2D eigenvalue weighted by Crippen LogP contribution is 2.19. The van der Waals surface area contributed by atoms with Gasteiger partial charge in [0.2, 0.25) is 0 Å². The van der Waals surface area contributed by atoms with Crippen molar-refractivity contribution in [2.45, 2.75) is 45.2 Å². The molecule has 1 atom stereocenters. The van der Waals surface area contributed by atoms with Gasteiger partial charge in [0.25, 0.3) is 0 Å². The summed E-state index contributed by atoms with van der Waals surface area (Å²) in [4.78, 5) is 10.8. The van der Waals surface area contributed by atoms with E-state index in [0.29, 0.717) is 6.04 Å². The Labute approximate surface area is 73.2 Å². The second-order valence-electron chi connectivity index (χ2n) is 3.85. The Morgan fingerprint density at radius 3 is 2.33 bits per heavy atom. The van der Waals surface area contributed by atoms with Crippen LogP contribution in [0, 0.1) is 5.92 Å². The third-order valence-corrected chi connectivity index (χ3v) is 2.45. The van der Waals surface area contributed by atoms with E-state index in [1.165, 1.54) is 6.42 Å². The fourth-order valence-electron chi connectivity index (χ4n) is 1.38. The van der Waals surface area contributed by atoms with Crippen LogP contribution in [-0.4, -0.2) is 23.2 Å². The van der Waals surface area contributed by atoms with Crippen LogP contribution in [0.2, 0.25) is 0 Å². The lowest BCUT2D eigenvalue weighted by molar-refractivity contribution is -0.141. The molecule has 3 heteroatoms. The fourth-order valence-corrected chi connectivity index (χ4v) is 1.38. The lowest BCUT2D eigenvalue weighted by atomic mass is 9.91. The van der Waals surface area contributed by atoms with E-state index in [4.69, 9.17) is 5.11 Å². The van der Waals surface area contributed by atoms with Crippen LogP contribution in [0.4, 0.5) is 0 Å². The number of rotatable bonds is 4. The predicted molar refractivity (Wildman–Crippen MR) is 47.0 cm³/mol. The number of nitrogens with one attached hydrogen (secondary N) is 1. The summed E-state index contributed by atoms with van der Waals surface area (Å²) in [5.41, 5.74) is 0. The van der Waals surface area contributed by atoms with Crippen molar-refractivity contribution in [3.8, 4) is 0 Å². The zero-order valence-electron chi connectivity index (χ0n) is 7.71. The molecule has 70 valence electrons. The van der Waals surface area contributed by atoms with Gasteiger partial charge in [-0.25, -0.2) is 0 Å². The summed E-state index contributed by atoms with van der Waals surface area (Å²) in [6.07, 6.45) is 3.51. The van der Waals surface area contributed by atoms with Crippen LogP contribution in [-0.2, 0) is 4.79 Å². The number of hydrogen-bond acceptors (Lipinski definition) is 2. The van der Waals surface area contributed by atoms with Gasteiger partial charge in [0.1, 0.15) is 6.04 Å². The quantitative estimate of drug-likeness (QED) is 0.669. The molecular formula is C9H17NO2. The molecule has 1 aliphatic carbocycles. The molecule has 1 saturated carbocycles. The van der Waals surface area contributed by atoms with E-state index in [-0.39, 0.29) is 12.0 Å². The molecule has 0 spiro atoms. The first-order valence-electron chi connectivity index (χ1n) is 4.60. The van der Waals surface area contributed by atoms with Crippen molar-refractivity contribution in [1.82, 2.24) is 5.32 Å². The summed E-state index contributed by atoms with van der Waals surface area (Å²) >= 11 is 0. The zero-order chi connectivity index (χ0) is 9.14. The Kier molecular flexibility index (Phi) is 3.09. The summed E-state index contributed by atoms with van der Waals surface area (Å²) in [7, 11) is 0. The first-order valence-corrected chi connectivity index (χ1v) is 4.60. The van der Waals surface area contributed by atoms with Gasteiger partial charge in [0.15, 0.2) is 0 Å². The molecule has 0 aromatic carbocycles. The summed E-state index contributed by atoms with van der Waals surface area (Å²) in [5.74, 6) is -0.556. The Balaban J connectivity index is 2.36. The molecule has 1 aliphatic rings. The number of carboxylic acid groups (broad SMARTS) is 1. The van der Waals surface area contributed by atoms with E-state index in [1.54, 1.807) is 0 Å². The van der Waals surface area contributed by atoms with Crippen LogP contribution in [0.1, 0.15) is 33.1 Å². The van der Waals surface area contributed by atoms with Gasteiger partial charge in [-0.1, -0.05) is 20.3 Å². The molecule has 0 aliphatic heterocycles.